The Balaban J connectivity index is 1.53. The molecule has 9 heteroatoms. The van der Waals surface area contributed by atoms with Gasteiger partial charge >= 0.3 is 6.03 Å². The Labute approximate surface area is 188 Å². The molecule has 0 aliphatic rings. The lowest BCUT2D eigenvalue weighted by Crippen LogP contribution is -2.34. The molecule has 0 aliphatic heterocycles. The number of hydrogen-bond acceptors (Lipinski definition) is 5. The molecular formula is C24H21FN6O2. The second kappa shape index (κ2) is 8.70. The van der Waals surface area contributed by atoms with E-state index in [4.69, 9.17) is 4.42 Å². The van der Waals surface area contributed by atoms with E-state index >= 15 is 0 Å². The molecule has 0 radical (unpaired) electrons. The van der Waals surface area contributed by atoms with Gasteiger partial charge in [0.15, 0.2) is 5.65 Å². The number of rotatable bonds is 6. The van der Waals surface area contributed by atoms with Gasteiger partial charge in [-0.25, -0.2) is 9.18 Å². The third-order valence-corrected chi connectivity index (χ3v) is 5.51. The fourth-order valence-electron chi connectivity index (χ4n) is 3.80. The van der Waals surface area contributed by atoms with E-state index in [2.05, 4.69) is 33.8 Å². The molecule has 3 aromatic heterocycles. The minimum Gasteiger partial charge on any atom is -0.467 e. The Bertz CT molecular complexity index is 1430. The van der Waals surface area contributed by atoms with E-state index in [1.807, 2.05) is 18.2 Å². The first kappa shape index (κ1) is 20.6. The van der Waals surface area contributed by atoms with Gasteiger partial charge in [-0.15, -0.1) is 5.10 Å². The summed E-state index contributed by atoms with van der Waals surface area (Å²) in [6, 6.07) is 17.2. The fraction of sp³-hybridized carbons (Fsp3) is 0.167. The maximum atomic E-state index is 14.1. The number of nitrogens with zero attached hydrogens (tertiary/aromatic N) is 5. The first-order chi connectivity index (χ1) is 16.1. The minimum atomic E-state index is -0.509. The maximum absolute atomic E-state index is 14.1. The van der Waals surface area contributed by atoms with Gasteiger partial charge in [-0.2, -0.15) is 4.52 Å². The van der Waals surface area contributed by atoms with Crippen molar-refractivity contribution in [2.45, 2.75) is 26.4 Å². The molecule has 0 aliphatic carbocycles. The highest BCUT2D eigenvalue weighted by Gasteiger charge is 2.20. The Morgan fingerprint density at radius 2 is 2.00 bits per heavy atom. The van der Waals surface area contributed by atoms with Crippen LogP contribution in [0.5, 0.6) is 0 Å². The molecule has 0 atom stereocenters. The highest BCUT2D eigenvalue weighted by atomic mass is 19.1. The quantitative estimate of drug-likeness (QED) is 0.406. The van der Waals surface area contributed by atoms with Gasteiger partial charge in [-0.3, -0.25) is 0 Å². The summed E-state index contributed by atoms with van der Waals surface area (Å²) in [4.78, 5) is 14.7. The van der Waals surface area contributed by atoms with Crippen molar-refractivity contribution in [3.8, 4) is 0 Å². The standard InChI is InChI=1S/C24H21FN6O2/c1-2-16-9-10-22-17(12-16)13-18(23-27-28-29-31(22)23)14-30(15-19-6-5-11-33-19)24(32)26-21-8-4-3-7-20(21)25/h3-13H,2,14-15H2,1H3,(H,26,32). The van der Waals surface area contributed by atoms with Crippen LogP contribution in [0.3, 0.4) is 0 Å². The van der Waals surface area contributed by atoms with Crippen molar-refractivity contribution in [2.75, 3.05) is 5.32 Å². The first-order valence-corrected chi connectivity index (χ1v) is 10.6. The van der Waals surface area contributed by atoms with Crippen molar-refractivity contribution in [3.05, 3.63) is 89.6 Å². The average Bonchev–Trinajstić information content (AvgIpc) is 3.52. The molecule has 0 bridgehead atoms. The molecule has 5 aromatic rings. The molecular weight excluding hydrogens is 423 g/mol. The molecule has 2 amide bonds. The van der Waals surface area contributed by atoms with Crippen LogP contribution in [0.1, 0.15) is 23.8 Å². The van der Waals surface area contributed by atoms with Crippen LogP contribution in [0.4, 0.5) is 14.9 Å². The van der Waals surface area contributed by atoms with Crippen molar-refractivity contribution in [3.63, 3.8) is 0 Å². The van der Waals surface area contributed by atoms with Crippen LogP contribution >= 0.6 is 0 Å². The maximum Gasteiger partial charge on any atom is 0.322 e. The van der Waals surface area contributed by atoms with Crippen molar-refractivity contribution in [1.82, 2.24) is 24.9 Å². The summed E-state index contributed by atoms with van der Waals surface area (Å²) in [5.74, 6) is 0.0917. The molecule has 1 N–H and O–H groups in total. The van der Waals surface area contributed by atoms with Crippen LogP contribution in [0.15, 0.2) is 71.3 Å². The number of fused-ring (bicyclic) bond motifs is 3. The predicted octanol–water partition coefficient (Wildman–Crippen LogP) is 4.81. The Morgan fingerprint density at radius 3 is 2.79 bits per heavy atom. The minimum absolute atomic E-state index is 0.104. The largest absolute Gasteiger partial charge is 0.467 e. The average molecular weight is 444 g/mol. The van der Waals surface area contributed by atoms with E-state index in [0.29, 0.717) is 11.4 Å². The number of aromatic nitrogens is 4. The van der Waals surface area contributed by atoms with E-state index in [1.54, 1.807) is 35.0 Å². The SMILES string of the molecule is CCc1ccc2c(c1)cc(CN(Cc1ccco1)C(=O)Nc1ccccc1F)c1nnnn12. The van der Waals surface area contributed by atoms with Gasteiger partial charge in [-0.05, 0) is 64.9 Å². The summed E-state index contributed by atoms with van der Waals surface area (Å²) in [6.07, 6.45) is 2.44. The Kier molecular flexibility index (Phi) is 5.43. The van der Waals surface area contributed by atoms with Gasteiger partial charge in [-0.1, -0.05) is 25.1 Å². The molecule has 33 heavy (non-hydrogen) atoms. The molecule has 2 aromatic carbocycles. The lowest BCUT2D eigenvalue weighted by molar-refractivity contribution is 0.201. The van der Waals surface area contributed by atoms with E-state index in [0.717, 1.165) is 22.9 Å². The lowest BCUT2D eigenvalue weighted by Gasteiger charge is -2.23. The molecule has 3 heterocycles. The van der Waals surface area contributed by atoms with Crippen molar-refractivity contribution in [1.29, 1.82) is 0 Å². The Morgan fingerprint density at radius 1 is 1.12 bits per heavy atom. The summed E-state index contributed by atoms with van der Waals surface area (Å²) in [7, 11) is 0. The molecule has 0 saturated carbocycles. The lowest BCUT2D eigenvalue weighted by atomic mass is 10.1. The number of amides is 2. The van der Waals surface area contributed by atoms with Gasteiger partial charge in [0.2, 0.25) is 0 Å². The van der Waals surface area contributed by atoms with Crippen LogP contribution in [0, 0.1) is 5.82 Å². The molecule has 166 valence electrons. The summed E-state index contributed by atoms with van der Waals surface area (Å²) >= 11 is 0. The zero-order valence-electron chi connectivity index (χ0n) is 17.9. The molecule has 5 rings (SSSR count). The number of halogens is 1. The zero-order chi connectivity index (χ0) is 22.8. The van der Waals surface area contributed by atoms with E-state index < -0.39 is 11.8 Å². The molecule has 0 saturated heterocycles. The highest BCUT2D eigenvalue weighted by Crippen LogP contribution is 2.23. The van der Waals surface area contributed by atoms with Crippen LogP contribution < -0.4 is 5.32 Å². The van der Waals surface area contributed by atoms with Gasteiger partial charge in [0, 0.05) is 10.9 Å². The summed E-state index contributed by atoms with van der Waals surface area (Å²) in [5, 5.41) is 15.8. The number of hydrogen-bond donors (Lipinski definition) is 1. The summed E-state index contributed by atoms with van der Waals surface area (Å²) < 4.78 is 21.3. The summed E-state index contributed by atoms with van der Waals surface area (Å²) in [5.41, 5.74) is 3.48. The highest BCUT2D eigenvalue weighted by molar-refractivity contribution is 5.90. The molecule has 0 spiro atoms. The van der Waals surface area contributed by atoms with Crippen LogP contribution in [-0.4, -0.2) is 31.0 Å². The number of carbonyl (C=O) groups excluding carboxylic acids is 1. The molecule has 8 nitrogen and oxygen atoms in total. The molecule has 0 unspecified atom stereocenters. The van der Waals surface area contributed by atoms with Crippen LogP contribution in [-0.2, 0) is 19.5 Å². The van der Waals surface area contributed by atoms with Crippen LogP contribution in [0.2, 0.25) is 0 Å². The van der Waals surface area contributed by atoms with E-state index in [1.165, 1.54) is 22.6 Å². The monoisotopic (exact) mass is 444 g/mol. The Hall–Kier alpha value is -4.27. The smallest absolute Gasteiger partial charge is 0.322 e. The second-order valence-corrected chi connectivity index (χ2v) is 7.68. The van der Waals surface area contributed by atoms with Crippen molar-refractivity contribution >= 4 is 28.3 Å². The normalized spacial score (nSPS) is 11.2. The summed E-state index contributed by atoms with van der Waals surface area (Å²) in [6.45, 7) is 2.47. The van der Waals surface area contributed by atoms with Crippen molar-refractivity contribution < 1.29 is 13.6 Å². The number of pyridine rings is 1. The van der Waals surface area contributed by atoms with E-state index in [9.17, 15) is 9.18 Å². The van der Waals surface area contributed by atoms with Gasteiger partial charge in [0.1, 0.15) is 11.6 Å². The number of nitrogens with one attached hydrogen (secondary N) is 1. The second-order valence-electron chi connectivity index (χ2n) is 7.68. The van der Waals surface area contributed by atoms with Crippen LogP contribution in [0.25, 0.3) is 16.6 Å². The zero-order valence-corrected chi connectivity index (χ0v) is 17.9. The fourth-order valence-corrected chi connectivity index (χ4v) is 3.80. The topological polar surface area (TPSA) is 88.6 Å². The number of para-hydroxylation sites is 1. The van der Waals surface area contributed by atoms with Gasteiger partial charge in [0.05, 0.1) is 30.6 Å². The third-order valence-electron chi connectivity index (χ3n) is 5.51. The third kappa shape index (κ3) is 4.12. The molecule has 0 fully saturated rings. The number of anilines is 1. The van der Waals surface area contributed by atoms with Crippen molar-refractivity contribution in [2.24, 2.45) is 0 Å². The van der Waals surface area contributed by atoms with Gasteiger partial charge < -0.3 is 14.6 Å². The van der Waals surface area contributed by atoms with Gasteiger partial charge in [0.25, 0.3) is 0 Å². The number of aryl methyl sites for hydroxylation is 1. The number of urea groups is 1. The predicted molar refractivity (Wildman–Crippen MR) is 121 cm³/mol. The number of benzene rings is 2. The number of furan rings is 1. The first-order valence-electron chi connectivity index (χ1n) is 10.6. The number of carbonyl (C=O) groups is 1. The van der Waals surface area contributed by atoms with E-state index in [-0.39, 0.29) is 18.8 Å². The number of tetrazole rings is 1.